The molecule has 2 amide bonds. The number of quaternary nitrogens is 2. The molecule has 6 rings (SSSR count). The number of ether oxygens (including phenoxy) is 1. The fraction of sp³-hybridized carbons (Fsp3) is 0.714. The van der Waals surface area contributed by atoms with E-state index in [0.29, 0.717) is 19.3 Å². The van der Waals surface area contributed by atoms with E-state index in [0.717, 1.165) is 132 Å². The minimum Gasteiger partial charge on any atom is -0.741 e. The van der Waals surface area contributed by atoms with Gasteiger partial charge in [-0.25, -0.2) is 25.3 Å². The van der Waals surface area contributed by atoms with Crippen LogP contribution in [0.4, 0.5) is 50.9 Å². The van der Waals surface area contributed by atoms with E-state index < -0.39 is 68.3 Å². The number of carbonyl (C=O) groups excluding carboxylic acids is 2. The molecule has 2 heterocycles. The third kappa shape index (κ3) is 25.0. The van der Waals surface area contributed by atoms with Gasteiger partial charge < -0.3 is 64.1 Å². The zero-order chi connectivity index (χ0) is 64.5. The van der Waals surface area contributed by atoms with E-state index in [1.807, 2.05) is 26.0 Å². The number of nitrogens with zero attached hydrogens (tertiary/aromatic N) is 2. The topological polar surface area (TPSA) is 346 Å². The van der Waals surface area contributed by atoms with Crippen LogP contribution in [-0.4, -0.2) is 164 Å². The van der Waals surface area contributed by atoms with Gasteiger partial charge in [-0.3, -0.25) is 9.59 Å². The van der Waals surface area contributed by atoms with Gasteiger partial charge in [0.2, 0.25) is 0 Å². The van der Waals surface area contributed by atoms with Crippen LogP contribution >= 0.6 is 0 Å². The molecular weight excluding hydrogens is 1360 g/mol. The Balaban J connectivity index is -0.00000145. The molecule has 491 valence electrons. The van der Waals surface area contributed by atoms with Gasteiger partial charge in [0.25, 0.3) is 11.8 Å². The van der Waals surface area contributed by atoms with Crippen molar-refractivity contribution in [3.63, 3.8) is 0 Å². The van der Waals surface area contributed by atoms with E-state index in [1.54, 1.807) is 0 Å². The van der Waals surface area contributed by atoms with Gasteiger partial charge in [-0.15, -0.1) is 0 Å². The molecule has 0 unspecified atom stereocenters. The van der Waals surface area contributed by atoms with Crippen LogP contribution in [0.15, 0.2) is 36.4 Å². The maximum atomic E-state index is 15.0. The quantitative estimate of drug-likeness (QED) is 0.0403. The largest absolute Gasteiger partial charge is 3.00 e. The van der Waals surface area contributed by atoms with Crippen LogP contribution < -0.4 is 10.6 Å². The fourth-order valence-electron chi connectivity index (χ4n) is 10.4. The minimum atomic E-state index is -6.09. The second kappa shape index (κ2) is 38.2. The number of carbonyl (C=O) groups is 2. The van der Waals surface area contributed by atoms with Crippen molar-refractivity contribution in [2.45, 2.75) is 166 Å². The van der Waals surface area contributed by atoms with Crippen molar-refractivity contribution < 1.29 is 164 Å². The molecule has 2 saturated carbocycles. The predicted octanol–water partition coefficient (Wildman–Crippen LogP) is 7.44. The molecule has 2 aliphatic heterocycles. The molecule has 4 fully saturated rings. The molecule has 83 heavy (non-hydrogen) atoms. The maximum absolute atomic E-state index is 15.0. The SMILES string of the molecule is CCOCC.CCc1cccc(CC)c1NC(=O)[C@@H]1C[C@@H]2CCC[C@@H]2[N@@+]1([O-])CCC[N@@+]1([O-])[C@H](C(=O)Nc2c(CC)cccc2CC)C[C@@H]2CCC[C@@H]21.CO.CO.CO.O=S(=O)([O-])C(F)(F)F.O=S(=O)([O-])C(F)(F)F.O=S(=O)([O-])C(F)(F)F.[Yb+3]. The van der Waals surface area contributed by atoms with E-state index in [1.165, 1.54) is 0 Å². The molecule has 5 N–H and O–H groups in total. The van der Waals surface area contributed by atoms with Crippen molar-refractivity contribution in [3.05, 3.63) is 69.1 Å². The summed E-state index contributed by atoms with van der Waals surface area (Å²) in [6, 6.07) is 10.8. The van der Waals surface area contributed by atoms with Gasteiger partial charge in [0.1, 0.15) is 0 Å². The maximum Gasteiger partial charge on any atom is 3.00 e. The number of hydrogen-bond acceptors (Lipinski definition) is 17. The second-order valence-electron chi connectivity index (χ2n) is 18.3. The molecule has 1 radical (unpaired) electrons. The fourth-order valence-corrected chi connectivity index (χ4v) is 10.4. The number of aryl methyl sites for hydroxylation is 4. The first-order valence-electron chi connectivity index (χ1n) is 25.8. The molecule has 2 aromatic rings. The standard InChI is InChI=1S/C39H56N4O4.C4H10O.3CHF3O3S.3CH4O.Yb/c1-5-26-14-9-15-27(6-2)36(26)40-38(44)34-24-30-18-11-20-32(30)42(34,46)22-13-23-43(47)33-21-12-19-31(33)25-35(43)39(45)41-37-28(7-3)16-10-17-29(37)8-4;1-3-5-4-2;3*2-1(3,4)8(5,6)7;3*1-2;/h9-10,14-17,30-35H,5-8,11-13,18-25H2,1-4H3,(H,40,44)(H,41,45);3-4H2,1-2H3;3*(H,5,6,7);3*2H,1H3;/q;;;;;;;;+3/p-3/t30-,31-,32-,33-,34-,35-,42-,43-;;;;;;;;/m0......../s1. The number of rotatable bonds is 14. The number of likely N-dealkylation sites (tertiary alicyclic amines) is 2. The molecular formula is C49H78F9N4O17S3Yb. The summed E-state index contributed by atoms with van der Waals surface area (Å²) in [7, 11) is -15.3. The average Bonchev–Trinajstić information content (AvgIpc) is 4.22. The van der Waals surface area contributed by atoms with Crippen molar-refractivity contribution in [1.29, 1.82) is 0 Å². The first-order valence-corrected chi connectivity index (χ1v) is 30.1. The van der Waals surface area contributed by atoms with Crippen LogP contribution in [-0.2, 0) is 70.4 Å². The van der Waals surface area contributed by atoms with E-state index in [-0.39, 0.29) is 95.7 Å². The summed E-state index contributed by atoms with van der Waals surface area (Å²) in [6.45, 7) is 14.5. The molecule has 4 aliphatic rings. The summed E-state index contributed by atoms with van der Waals surface area (Å²) in [6.07, 6.45) is 10.6. The number of aliphatic hydroxyl groups is 3. The predicted molar refractivity (Wildman–Crippen MR) is 282 cm³/mol. The Morgan fingerprint density at radius 2 is 0.771 bits per heavy atom. The number of hydrogen-bond donors (Lipinski definition) is 5. The number of fused-ring (bicyclic) bond motifs is 2. The molecule has 2 aromatic carbocycles. The summed E-state index contributed by atoms with van der Waals surface area (Å²) in [5.74, 6) is 0.154. The Morgan fingerprint density at radius 1 is 0.530 bits per heavy atom. The number of aliphatic hydroxyl groups excluding tert-OH is 3. The minimum absolute atomic E-state index is 0. The van der Waals surface area contributed by atoms with Gasteiger partial charge in [-0.05, 0) is 87.5 Å². The molecule has 34 heteroatoms. The molecule has 21 nitrogen and oxygen atoms in total. The number of amides is 2. The van der Waals surface area contributed by atoms with Crippen LogP contribution in [0.2, 0.25) is 0 Å². The van der Waals surface area contributed by atoms with E-state index in [2.05, 4.69) is 62.6 Å². The number of halogens is 9. The number of benzene rings is 2. The third-order valence-corrected chi connectivity index (χ3v) is 15.5. The van der Waals surface area contributed by atoms with Gasteiger partial charge in [-0.2, -0.15) is 39.5 Å². The van der Waals surface area contributed by atoms with Crippen LogP contribution in [0.5, 0.6) is 0 Å². The van der Waals surface area contributed by atoms with E-state index >= 15 is 0 Å². The van der Waals surface area contributed by atoms with Crippen LogP contribution in [0.25, 0.3) is 0 Å². The number of nitrogens with one attached hydrogen (secondary N) is 2. The van der Waals surface area contributed by atoms with Crippen molar-refractivity contribution in [3.8, 4) is 0 Å². The summed E-state index contributed by atoms with van der Waals surface area (Å²) in [5.41, 5.74) is -10.8. The number of para-hydroxylation sites is 2. The smallest absolute Gasteiger partial charge is 0.741 e. The van der Waals surface area contributed by atoms with Crippen molar-refractivity contribution in [2.75, 3.05) is 58.3 Å². The first kappa shape index (κ1) is 84.9. The van der Waals surface area contributed by atoms with Gasteiger partial charge >= 0.3 is 63.4 Å². The molecule has 0 aromatic heterocycles. The monoisotopic (exact) mass is 1440 g/mol. The van der Waals surface area contributed by atoms with E-state index in [9.17, 15) is 59.5 Å². The third-order valence-electron chi connectivity index (χ3n) is 13.8. The summed E-state index contributed by atoms with van der Waals surface area (Å²) < 4.78 is 180. The van der Waals surface area contributed by atoms with Gasteiger partial charge in [-0.1, -0.05) is 64.1 Å². The Kier molecular flexibility index (Phi) is 39.0. The normalized spacial score (nSPS) is 23.3. The summed E-state index contributed by atoms with van der Waals surface area (Å²) in [4.78, 5) is 28.0. The van der Waals surface area contributed by atoms with Gasteiger partial charge in [0.05, 0.1) is 25.2 Å². The van der Waals surface area contributed by atoms with Gasteiger partial charge in [0.15, 0.2) is 42.4 Å². The van der Waals surface area contributed by atoms with Crippen LogP contribution in [0, 0.1) is 69.2 Å². The molecule has 2 aliphatic carbocycles. The second-order valence-corrected chi connectivity index (χ2v) is 22.4. The molecule has 0 spiro atoms. The first-order chi connectivity index (χ1) is 37.8. The Bertz CT molecular complexity index is 2340. The average molecular weight is 1440 g/mol. The Labute approximate surface area is 518 Å². The zero-order valence-electron chi connectivity index (χ0n) is 47.3. The molecule has 2 saturated heterocycles. The van der Waals surface area contributed by atoms with Crippen LogP contribution in [0.1, 0.15) is 122 Å². The van der Waals surface area contributed by atoms with Crippen molar-refractivity contribution in [1.82, 2.24) is 0 Å². The van der Waals surface area contributed by atoms with Crippen molar-refractivity contribution >= 4 is 53.5 Å². The Morgan fingerprint density at radius 3 is 0.964 bits per heavy atom. The molecule has 8 atom stereocenters. The van der Waals surface area contributed by atoms with E-state index in [4.69, 9.17) is 59.0 Å². The molecule has 0 bridgehead atoms. The summed E-state index contributed by atoms with van der Waals surface area (Å²) >= 11 is 0. The van der Waals surface area contributed by atoms with Crippen molar-refractivity contribution in [2.24, 2.45) is 11.8 Å². The van der Waals surface area contributed by atoms with Gasteiger partial charge in [0, 0.05) is 89.9 Å². The number of hydroxylamine groups is 6. The number of anilines is 2. The zero-order valence-corrected chi connectivity index (χ0v) is 51.5. The summed E-state index contributed by atoms with van der Waals surface area (Å²) in [5, 5.41) is 57.4. The number of alkyl halides is 9. The van der Waals surface area contributed by atoms with Crippen LogP contribution in [0.3, 0.4) is 0 Å². The Hall–Kier alpha value is -2.32.